The second-order valence-electron chi connectivity index (χ2n) is 6.87. The van der Waals surface area contributed by atoms with Crippen LogP contribution in [-0.2, 0) is 16.1 Å². The van der Waals surface area contributed by atoms with Crippen molar-refractivity contribution >= 4 is 17.5 Å². The largest absolute Gasteiger partial charge is 0.493 e. The quantitative estimate of drug-likeness (QED) is 0.666. The summed E-state index contributed by atoms with van der Waals surface area (Å²) in [6, 6.07) is 13.0. The number of likely N-dealkylation sites (N-methyl/N-ethyl adjacent to an activating group) is 1. The molecule has 0 fully saturated rings. The van der Waals surface area contributed by atoms with Crippen LogP contribution in [0.25, 0.3) is 0 Å². The molecule has 0 N–H and O–H groups in total. The van der Waals surface area contributed by atoms with Gasteiger partial charge in [-0.25, -0.2) is 0 Å². The van der Waals surface area contributed by atoms with Gasteiger partial charge in [-0.1, -0.05) is 18.2 Å². The first-order valence-electron chi connectivity index (χ1n) is 10.2. The van der Waals surface area contributed by atoms with Crippen molar-refractivity contribution in [3.05, 3.63) is 48.0 Å². The van der Waals surface area contributed by atoms with Gasteiger partial charge in [-0.15, -0.1) is 0 Å². The fourth-order valence-corrected chi connectivity index (χ4v) is 3.41. The first-order valence-corrected chi connectivity index (χ1v) is 10.2. The van der Waals surface area contributed by atoms with E-state index >= 15 is 0 Å². The van der Waals surface area contributed by atoms with E-state index in [1.807, 2.05) is 50.2 Å². The summed E-state index contributed by atoms with van der Waals surface area (Å²) in [6.45, 7) is 5.60. The summed E-state index contributed by atoms with van der Waals surface area (Å²) in [7, 11) is 1.59. The van der Waals surface area contributed by atoms with Gasteiger partial charge in [-0.2, -0.15) is 0 Å². The Hall–Kier alpha value is -3.22. The molecule has 0 aromatic heterocycles. The van der Waals surface area contributed by atoms with Gasteiger partial charge >= 0.3 is 0 Å². The molecule has 0 bridgehead atoms. The van der Waals surface area contributed by atoms with Gasteiger partial charge < -0.3 is 19.1 Å². The molecule has 1 aliphatic rings. The monoisotopic (exact) mass is 412 g/mol. The molecule has 2 aromatic rings. The lowest BCUT2D eigenvalue weighted by molar-refractivity contribution is -0.131. The van der Waals surface area contributed by atoms with E-state index in [1.54, 1.807) is 18.1 Å². The molecule has 0 unspecified atom stereocenters. The van der Waals surface area contributed by atoms with Crippen LogP contribution in [0.4, 0.5) is 5.69 Å². The smallest absolute Gasteiger partial charge is 0.242 e. The molecule has 0 atom stereocenters. The van der Waals surface area contributed by atoms with Crippen molar-refractivity contribution in [2.45, 2.75) is 26.8 Å². The van der Waals surface area contributed by atoms with Crippen LogP contribution >= 0.6 is 0 Å². The number of anilines is 1. The predicted molar refractivity (Wildman–Crippen MR) is 114 cm³/mol. The predicted octanol–water partition coefficient (Wildman–Crippen LogP) is 3.26. The van der Waals surface area contributed by atoms with Gasteiger partial charge in [0.1, 0.15) is 12.3 Å². The molecule has 0 spiro atoms. The van der Waals surface area contributed by atoms with E-state index in [0.29, 0.717) is 49.2 Å². The van der Waals surface area contributed by atoms with Gasteiger partial charge in [0.15, 0.2) is 11.5 Å². The zero-order valence-electron chi connectivity index (χ0n) is 17.7. The number of carbonyl (C=O) groups is 2. The fourth-order valence-electron chi connectivity index (χ4n) is 3.41. The summed E-state index contributed by atoms with van der Waals surface area (Å²) in [6.07, 6.45) is 0.240. The molecule has 0 saturated carbocycles. The topological polar surface area (TPSA) is 68.3 Å². The number of carbonyl (C=O) groups excluding carboxylic acids is 2. The Bertz CT molecular complexity index is 899. The van der Waals surface area contributed by atoms with Crippen LogP contribution in [0, 0.1) is 0 Å². The van der Waals surface area contributed by atoms with Crippen molar-refractivity contribution in [2.75, 3.05) is 38.3 Å². The first-order chi connectivity index (χ1) is 14.6. The number of ether oxygens (including phenoxy) is 3. The van der Waals surface area contributed by atoms with Crippen LogP contribution in [0.3, 0.4) is 0 Å². The Kier molecular flexibility index (Phi) is 7.17. The highest BCUT2D eigenvalue weighted by atomic mass is 16.5. The van der Waals surface area contributed by atoms with Crippen LogP contribution in [0.5, 0.6) is 17.2 Å². The number of benzene rings is 2. The highest BCUT2D eigenvalue weighted by Gasteiger charge is 2.26. The SMILES string of the molecule is CCOc1ccc(CN(CC)C(=O)CN2C(=O)CCOc3ccccc32)cc1OC. The number of amides is 2. The van der Waals surface area contributed by atoms with Gasteiger partial charge in [0.05, 0.1) is 32.4 Å². The molecule has 0 radical (unpaired) electrons. The Morgan fingerprint density at radius 3 is 2.70 bits per heavy atom. The average Bonchev–Trinajstić information content (AvgIpc) is 2.91. The molecule has 0 aliphatic carbocycles. The summed E-state index contributed by atoms with van der Waals surface area (Å²) >= 11 is 0. The highest BCUT2D eigenvalue weighted by Crippen LogP contribution is 2.31. The molecule has 1 heterocycles. The molecule has 2 amide bonds. The summed E-state index contributed by atoms with van der Waals surface area (Å²) in [5.74, 6) is 1.68. The summed E-state index contributed by atoms with van der Waals surface area (Å²) in [5, 5.41) is 0. The lowest BCUT2D eigenvalue weighted by Crippen LogP contribution is -2.42. The molecular formula is C23H28N2O5. The van der Waals surface area contributed by atoms with Crippen LogP contribution < -0.4 is 19.1 Å². The molecule has 7 nitrogen and oxygen atoms in total. The number of hydrogen-bond acceptors (Lipinski definition) is 5. The third-order valence-corrected chi connectivity index (χ3v) is 4.96. The van der Waals surface area contributed by atoms with Crippen LogP contribution in [0.2, 0.25) is 0 Å². The number of nitrogens with zero attached hydrogens (tertiary/aromatic N) is 2. The van der Waals surface area contributed by atoms with Gasteiger partial charge in [0.25, 0.3) is 0 Å². The average molecular weight is 412 g/mol. The minimum atomic E-state index is -0.129. The van der Waals surface area contributed by atoms with Gasteiger partial charge in [-0.3, -0.25) is 14.5 Å². The minimum Gasteiger partial charge on any atom is -0.493 e. The maximum atomic E-state index is 13.1. The van der Waals surface area contributed by atoms with Crippen molar-refractivity contribution < 1.29 is 23.8 Å². The number of fused-ring (bicyclic) bond motifs is 1. The van der Waals surface area contributed by atoms with Crippen molar-refractivity contribution in [2.24, 2.45) is 0 Å². The summed E-state index contributed by atoms with van der Waals surface area (Å²) in [4.78, 5) is 28.9. The third-order valence-electron chi connectivity index (χ3n) is 4.96. The molecule has 1 aliphatic heterocycles. The van der Waals surface area contributed by atoms with Crippen LogP contribution in [0.1, 0.15) is 25.8 Å². The van der Waals surface area contributed by atoms with E-state index < -0.39 is 0 Å². The third kappa shape index (κ3) is 4.84. The fraction of sp³-hybridized carbons (Fsp3) is 0.391. The van der Waals surface area contributed by atoms with E-state index in [0.717, 1.165) is 5.56 Å². The maximum absolute atomic E-state index is 13.1. The maximum Gasteiger partial charge on any atom is 0.242 e. The molecule has 160 valence electrons. The Morgan fingerprint density at radius 1 is 1.17 bits per heavy atom. The normalized spacial score (nSPS) is 13.2. The minimum absolute atomic E-state index is 0.0266. The van der Waals surface area contributed by atoms with Crippen molar-refractivity contribution in [3.8, 4) is 17.2 Å². The number of para-hydroxylation sites is 2. The zero-order valence-corrected chi connectivity index (χ0v) is 17.7. The Morgan fingerprint density at radius 2 is 1.97 bits per heavy atom. The Labute approximate surface area is 177 Å². The second-order valence-corrected chi connectivity index (χ2v) is 6.87. The second kappa shape index (κ2) is 10.0. The van der Waals surface area contributed by atoms with Gasteiger partial charge in [0.2, 0.25) is 11.8 Å². The van der Waals surface area contributed by atoms with Crippen molar-refractivity contribution in [1.82, 2.24) is 4.90 Å². The van der Waals surface area contributed by atoms with Gasteiger partial charge in [-0.05, 0) is 43.7 Å². The lowest BCUT2D eigenvalue weighted by atomic mass is 10.1. The summed E-state index contributed by atoms with van der Waals surface area (Å²) < 4.78 is 16.6. The van der Waals surface area contributed by atoms with E-state index in [4.69, 9.17) is 14.2 Å². The zero-order chi connectivity index (χ0) is 21.5. The van der Waals surface area contributed by atoms with E-state index in [9.17, 15) is 9.59 Å². The van der Waals surface area contributed by atoms with E-state index in [1.165, 1.54) is 4.90 Å². The standard InChI is InChI=1S/C23H28N2O5/c1-4-24(15-17-10-11-20(29-5-2)21(14-17)28-3)23(27)16-25-18-8-6-7-9-19(18)30-13-12-22(25)26/h6-11,14H,4-5,12-13,15-16H2,1-3H3. The number of methoxy groups -OCH3 is 1. The van der Waals surface area contributed by atoms with Crippen molar-refractivity contribution in [1.29, 1.82) is 0 Å². The number of rotatable bonds is 8. The number of hydrogen-bond donors (Lipinski definition) is 0. The van der Waals surface area contributed by atoms with Crippen LogP contribution in [0.15, 0.2) is 42.5 Å². The lowest BCUT2D eigenvalue weighted by Gasteiger charge is -2.27. The molecular weight excluding hydrogens is 384 g/mol. The molecule has 2 aromatic carbocycles. The molecule has 30 heavy (non-hydrogen) atoms. The summed E-state index contributed by atoms with van der Waals surface area (Å²) in [5.41, 5.74) is 1.56. The Balaban J connectivity index is 1.76. The first kappa shape index (κ1) is 21.5. The highest BCUT2D eigenvalue weighted by molar-refractivity contribution is 6.00. The molecule has 0 saturated heterocycles. The molecule has 7 heteroatoms. The van der Waals surface area contributed by atoms with Crippen molar-refractivity contribution in [3.63, 3.8) is 0 Å². The van der Waals surface area contributed by atoms with Crippen LogP contribution in [-0.4, -0.2) is 50.1 Å². The van der Waals surface area contributed by atoms with E-state index in [-0.39, 0.29) is 24.8 Å². The van der Waals surface area contributed by atoms with Gasteiger partial charge in [0, 0.05) is 13.1 Å². The van der Waals surface area contributed by atoms with E-state index in [2.05, 4.69) is 0 Å². The molecule has 3 rings (SSSR count).